The molecule has 0 atom stereocenters. The number of rotatable bonds is 6. The largest absolute Gasteiger partial charge is 0.451 e. The molecule has 1 amide bonds. The Labute approximate surface area is 168 Å². The van der Waals surface area contributed by atoms with Crippen LogP contribution in [0.2, 0.25) is 0 Å². The maximum Gasteiger partial charge on any atom is 0.358 e. The fraction of sp³-hybridized carbons (Fsp3) is 0.227. The highest BCUT2D eigenvalue weighted by atomic mass is 32.1. The van der Waals surface area contributed by atoms with Crippen molar-refractivity contribution in [2.75, 3.05) is 13.7 Å². The van der Waals surface area contributed by atoms with Gasteiger partial charge < -0.3 is 9.64 Å². The second-order valence-electron chi connectivity index (χ2n) is 6.66. The van der Waals surface area contributed by atoms with Crippen LogP contribution in [0.3, 0.4) is 0 Å². The van der Waals surface area contributed by atoms with Crippen LogP contribution in [0, 0.1) is 13.8 Å². The molecule has 5 nitrogen and oxygen atoms in total. The Morgan fingerprint density at radius 2 is 1.79 bits per heavy atom. The van der Waals surface area contributed by atoms with Crippen LogP contribution in [0.5, 0.6) is 0 Å². The predicted molar refractivity (Wildman–Crippen MR) is 110 cm³/mol. The molecule has 0 saturated carbocycles. The minimum atomic E-state index is -0.591. The van der Waals surface area contributed by atoms with Gasteiger partial charge in [0.25, 0.3) is 5.91 Å². The van der Waals surface area contributed by atoms with E-state index in [2.05, 4.69) is 4.98 Å². The van der Waals surface area contributed by atoms with Crippen molar-refractivity contribution in [1.29, 1.82) is 0 Å². The minimum absolute atomic E-state index is 0.218. The van der Waals surface area contributed by atoms with E-state index in [-0.39, 0.29) is 18.2 Å². The van der Waals surface area contributed by atoms with Gasteiger partial charge in [-0.15, -0.1) is 11.3 Å². The van der Waals surface area contributed by atoms with Gasteiger partial charge in [0, 0.05) is 24.5 Å². The van der Waals surface area contributed by atoms with Gasteiger partial charge in [-0.3, -0.25) is 4.79 Å². The minimum Gasteiger partial charge on any atom is -0.451 e. The Balaban J connectivity index is 1.55. The van der Waals surface area contributed by atoms with Crippen molar-refractivity contribution in [1.82, 2.24) is 9.88 Å². The molecule has 0 saturated heterocycles. The SMILES string of the molecule is Cc1ccc(-c2nc(C(=O)OCC(=O)N(C)Cc3ccccc3C)cs2)cc1. The predicted octanol–water partition coefficient (Wildman–Crippen LogP) is 4.24. The van der Waals surface area contributed by atoms with Gasteiger partial charge in [0.05, 0.1) is 0 Å². The van der Waals surface area contributed by atoms with E-state index in [0.717, 1.165) is 27.3 Å². The highest BCUT2D eigenvalue weighted by molar-refractivity contribution is 7.13. The molecule has 0 N–H and O–H groups in total. The van der Waals surface area contributed by atoms with Crippen molar-refractivity contribution in [3.05, 3.63) is 76.3 Å². The van der Waals surface area contributed by atoms with Crippen LogP contribution >= 0.6 is 11.3 Å². The van der Waals surface area contributed by atoms with E-state index in [1.165, 1.54) is 11.3 Å². The maximum absolute atomic E-state index is 12.3. The second-order valence-corrected chi connectivity index (χ2v) is 7.51. The topological polar surface area (TPSA) is 59.5 Å². The van der Waals surface area contributed by atoms with E-state index < -0.39 is 5.97 Å². The molecule has 0 aliphatic rings. The van der Waals surface area contributed by atoms with Crippen molar-refractivity contribution in [2.24, 2.45) is 0 Å². The second kappa shape index (κ2) is 8.80. The average molecular weight is 394 g/mol. The van der Waals surface area contributed by atoms with E-state index in [9.17, 15) is 9.59 Å². The van der Waals surface area contributed by atoms with Crippen LogP contribution in [0.1, 0.15) is 27.2 Å². The lowest BCUT2D eigenvalue weighted by atomic mass is 10.1. The number of carbonyl (C=O) groups excluding carboxylic acids is 2. The monoisotopic (exact) mass is 394 g/mol. The van der Waals surface area contributed by atoms with Crippen molar-refractivity contribution in [3.63, 3.8) is 0 Å². The maximum atomic E-state index is 12.3. The number of carbonyl (C=O) groups is 2. The molecule has 0 fully saturated rings. The first-order chi connectivity index (χ1) is 13.4. The molecule has 1 heterocycles. The number of likely N-dealkylation sites (N-methyl/N-ethyl adjacent to an activating group) is 1. The quantitative estimate of drug-likeness (QED) is 0.587. The zero-order valence-electron chi connectivity index (χ0n) is 16.1. The summed E-state index contributed by atoms with van der Waals surface area (Å²) in [6, 6.07) is 15.8. The number of amides is 1. The average Bonchev–Trinajstić information content (AvgIpc) is 3.18. The van der Waals surface area contributed by atoms with Crippen LogP contribution in [0.15, 0.2) is 53.9 Å². The van der Waals surface area contributed by atoms with Crippen molar-refractivity contribution < 1.29 is 14.3 Å². The van der Waals surface area contributed by atoms with Gasteiger partial charge in [-0.25, -0.2) is 9.78 Å². The number of thiazole rings is 1. The third kappa shape index (κ3) is 4.84. The Hall–Kier alpha value is -2.99. The fourth-order valence-corrected chi connectivity index (χ4v) is 3.43. The first-order valence-electron chi connectivity index (χ1n) is 8.92. The number of esters is 1. The fourth-order valence-electron chi connectivity index (χ4n) is 2.64. The first-order valence-corrected chi connectivity index (χ1v) is 9.80. The molecule has 1 aromatic heterocycles. The summed E-state index contributed by atoms with van der Waals surface area (Å²) in [5.41, 5.74) is 4.50. The van der Waals surface area contributed by atoms with Gasteiger partial charge in [-0.1, -0.05) is 54.1 Å². The molecule has 144 valence electrons. The van der Waals surface area contributed by atoms with Gasteiger partial charge in [0.1, 0.15) is 5.01 Å². The Bertz CT molecular complexity index is 979. The molecule has 28 heavy (non-hydrogen) atoms. The highest BCUT2D eigenvalue weighted by Gasteiger charge is 2.17. The van der Waals surface area contributed by atoms with Gasteiger partial charge in [0.2, 0.25) is 0 Å². The van der Waals surface area contributed by atoms with Crippen LogP contribution < -0.4 is 0 Å². The van der Waals surface area contributed by atoms with Crippen LogP contribution in [0.4, 0.5) is 0 Å². The number of hydrogen-bond donors (Lipinski definition) is 0. The zero-order chi connectivity index (χ0) is 20.1. The number of aryl methyl sites for hydroxylation is 2. The van der Waals surface area contributed by atoms with E-state index >= 15 is 0 Å². The van der Waals surface area contributed by atoms with E-state index in [1.807, 2.05) is 62.4 Å². The summed E-state index contributed by atoms with van der Waals surface area (Å²) in [4.78, 5) is 30.4. The smallest absolute Gasteiger partial charge is 0.358 e. The number of hydrogen-bond acceptors (Lipinski definition) is 5. The first kappa shape index (κ1) is 19.8. The van der Waals surface area contributed by atoms with Crippen molar-refractivity contribution >= 4 is 23.2 Å². The molecule has 0 aliphatic carbocycles. The third-order valence-electron chi connectivity index (χ3n) is 4.43. The lowest BCUT2D eigenvalue weighted by Gasteiger charge is -2.18. The van der Waals surface area contributed by atoms with E-state index in [0.29, 0.717) is 6.54 Å². The Morgan fingerprint density at radius 1 is 1.07 bits per heavy atom. The summed E-state index contributed by atoms with van der Waals surface area (Å²) in [5.74, 6) is -0.849. The molecular weight excluding hydrogens is 372 g/mol. The van der Waals surface area contributed by atoms with E-state index in [1.54, 1.807) is 17.3 Å². The van der Waals surface area contributed by atoms with Gasteiger partial charge in [-0.2, -0.15) is 0 Å². The third-order valence-corrected chi connectivity index (χ3v) is 5.32. The molecule has 0 unspecified atom stereocenters. The zero-order valence-corrected chi connectivity index (χ0v) is 17.0. The number of benzene rings is 2. The molecule has 6 heteroatoms. The molecular formula is C22H22N2O3S. The summed E-state index contributed by atoms with van der Waals surface area (Å²) in [6.45, 7) is 4.18. The Morgan fingerprint density at radius 3 is 2.50 bits per heavy atom. The van der Waals surface area contributed by atoms with Crippen molar-refractivity contribution in [3.8, 4) is 10.6 Å². The van der Waals surface area contributed by atoms with Crippen LogP contribution in [-0.4, -0.2) is 35.4 Å². The molecule has 0 spiro atoms. The normalized spacial score (nSPS) is 10.5. The summed E-state index contributed by atoms with van der Waals surface area (Å²) in [5, 5.41) is 2.40. The lowest BCUT2D eigenvalue weighted by molar-refractivity contribution is -0.133. The van der Waals surface area contributed by atoms with Gasteiger partial charge in [-0.05, 0) is 25.0 Å². The summed E-state index contributed by atoms with van der Waals surface area (Å²) in [6.07, 6.45) is 0. The molecule has 0 radical (unpaired) electrons. The standard InChI is InChI=1S/C22H22N2O3S/c1-15-8-10-17(11-9-15)21-23-19(14-28-21)22(26)27-13-20(25)24(3)12-18-7-5-4-6-16(18)2/h4-11,14H,12-13H2,1-3H3. The van der Waals surface area contributed by atoms with Crippen LogP contribution in [0.25, 0.3) is 10.6 Å². The number of nitrogens with zero attached hydrogens (tertiary/aromatic N) is 2. The summed E-state index contributed by atoms with van der Waals surface area (Å²) >= 11 is 1.37. The van der Waals surface area contributed by atoms with Crippen molar-refractivity contribution in [2.45, 2.75) is 20.4 Å². The number of aromatic nitrogens is 1. The molecule has 3 aromatic rings. The lowest BCUT2D eigenvalue weighted by Crippen LogP contribution is -2.31. The highest BCUT2D eigenvalue weighted by Crippen LogP contribution is 2.24. The summed E-state index contributed by atoms with van der Waals surface area (Å²) in [7, 11) is 1.70. The van der Waals surface area contributed by atoms with Crippen LogP contribution in [-0.2, 0) is 16.1 Å². The van der Waals surface area contributed by atoms with E-state index in [4.69, 9.17) is 4.74 Å². The summed E-state index contributed by atoms with van der Waals surface area (Å²) < 4.78 is 5.16. The molecule has 3 rings (SSSR count). The Kier molecular flexibility index (Phi) is 6.21. The van der Waals surface area contributed by atoms with Gasteiger partial charge in [0.15, 0.2) is 12.3 Å². The van der Waals surface area contributed by atoms with Gasteiger partial charge >= 0.3 is 5.97 Å². The molecule has 2 aromatic carbocycles. The molecule has 0 aliphatic heterocycles. The number of ether oxygens (including phenoxy) is 1. The molecule has 0 bridgehead atoms.